The van der Waals surface area contributed by atoms with E-state index < -0.39 is 0 Å². The van der Waals surface area contributed by atoms with Gasteiger partial charge in [0, 0.05) is 16.1 Å². The fourth-order valence-corrected chi connectivity index (χ4v) is 1.54. The Hall–Kier alpha value is -1.12. The van der Waals surface area contributed by atoms with Gasteiger partial charge in [-0.3, -0.25) is 0 Å². The average molecular weight is 229 g/mol. The maximum Gasteiger partial charge on any atom is 0.165 e. The summed E-state index contributed by atoms with van der Waals surface area (Å²) < 4.78 is 10.3. The monoisotopic (exact) mass is 228 g/mol. The quantitative estimate of drug-likeness (QED) is 0.762. The number of hydrogen-bond donors (Lipinski definition) is 0. The fraction of sp³-hybridized carbons (Fsp3) is 0. The molecule has 2 rings (SSSR count). The summed E-state index contributed by atoms with van der Waals surface area (Å²) in [4.78, 5) is 0. The van der Waals surface area contributed by atoms with Crippen LogP contribution < -0.4 is 4.74 Å². The van der Waals surface area contributed by atoms with Gasteiger partial charge in [-0.05, 0) is 18.2 Å². The molecule has 2 aromatic rings. The number of hydrogen-bond acceptors (Lipinski definition) is 2. The second-order valence-electron chi connectivity index (χ2n) is 2.67. The lowest BCUT2D eigenvalue weighted by Crippen LogP contribution is -1.81. The zero-order chi connectivity index (χ0) is 9.97. The van der Waals surface area contributed by atoms with Crippen LogP contribution in [0.2, 0.25) is 10.0 Å². The van der Waals surface area contributed by atoms with Gasteiger partial charge in [-0.1, -0.05) is 23.2 Å². The van der Waals surface area contributed by atoms with Gasteiger partial charge >= 0.3 is 0 Å². The Labute approximate surface area is 91.0 Å². The van der Waals surface area contributed by atoms with Gasteiger partial charge in [-0.2, -0.15) is 0 Å². The minimum absolute atomic E-state index is 0.538. The van der Waals surface area contributed by atoms with Crippen LogP contribution in [0.4, 0.5) is 0 Å². The molecular weight excluding hydrogens is 223 g/mol. The summed E-state index contributed by atoms with van der Waals surface area (Å²) in [5.41, 5.74) is 0. The van der Waals surface area contributed by atoms with Crippen LogP contribution in [0.5, 0.6) is 11.5 Å². The predicted molar refractivity (Wildman–Crippen MR) is 55.2 cm³/mol. The maximum atomic E-state index is 5.80. The Balaban J connectivity index is 2.25. The first-order valence-corrected chi connectivity index (χ1v) is 4.66. The highest BCUT2D eigenvalue weighted by Crippen LogP contribution is 2.28. The second-order valence-corrected chi connectivity index (χ2v) is 3.54. The van der Waals surface area contributed by atoms with E-state index in [4.69, 9.17) is 32.4 Å². The molecule has 1 aromatic heterocycles. The lowest BCUT2D eigenvalue weighted by Gasteiger charge is -2.03. The minimum Gasteiger partial charge on any atom is -0.469 e. The largest absolute Gasteiger partial charge is 0.469 e. The van der Waals surface area contributed by atoms with Crippen LogP contribution in [-0.2, 0) is 0 Å². The third-order valence-electron chi connectivity index (χ3n) is 1.57. The first-order valence-electron chi connectivity index (χ1n) is 3.90. The van der Waals surface area contributed by atoms with E-state index in [0.29, 0.717) is 21.5 Å². The van der Waals surface area contributed by atoms with Gasteiger partial charge in [0.05, 0.1) is 6.26 Å². The van der Waals surface area contributed by atoms with Crippen molar-refractivity contribution in [3.63, 3.8) is 0 Å². The van der Waals surface area contributed by atoms with Crippen LogP contribution in [0.25, 0.3) is 0 Å². The molecule has 0 aliphatic rings. The molecule has 0 N–H and O–H groups in total. The van der Waals surface area contributed by atoms with E-state index in [1.807, 2.05) is 0 Å². The van der Waals surface area contributed by atoms with E-state index in [1.54, 1.807) is 24.3 Å². The van der Waals surface area contributed by atoms with Gasteiger partial charge in [-0.25, -0.2) is 0 Å². The van der Waals surface area contributed by atoms with Gasteiger partial charge in [0.25, 0.3) is 0 Å². The number of rotatable bonds is 2. The molecule has 0 atom stereocenters. The molecular formula is C10H6Cl2O2. The molecule has 0 bridgehead atoms. The predicted octanol–water partition coefficient (Wildman–Crippen LogP) is 4.38. The molecule has 4 heteroatoms. The van der Waals surface area contributed by atoms with Crippen molar-refractivity contribution in [1.29, 1.82) is 0 Å². The molecule has 0 fully saturated rings. The van der Waals surface area contributed by atoms with Crippen molar-refractivity contribution in [3.8, 4) is 11.5 Å². The summed E-state index contributed by atoms with van der Waals surface area (Å²) in [5.74, 6) is 1.20. The Kier molecular flexibility index (Phi) is 2.66. The summed E-state index contributed by atoms with van der Waals surface area (Å²) >= 11 is 11.6. The van der Waals surface area contributed by atoms with Crippen molar-refractivity contribution >= 4 is 23.2 Å². The molecule has 0 saturated carbocycles. The second kappa shape index (κ2) is 3.95. The van der Waals surface area contributed by atoms with Crippen molar-refractivity contribution in [2.45, 2.75) is 0 Å². The topological polar surface area (TPSA) is 22.4 Å². The lowest BCUT2D eigenvalue weighted by molar-refractivity contribution is 0.466. The van der Waals surface area contributed by atoms with Crippen LogP contribution in [0.3, 0.4) is 0 Å². The molecule has 0 aliphatic heterocycles. The van der Waals surface area contributed by atoms with Crippen LogP contribution in [-0.4, -0.2) is 0 Å². The summed E-state index contributed by atoms with van der Waals surface area (Å²) in [6.45, 7) is 0. The molecule has 0 amide bonds. The third kappa shape index (κ3) is 2.22. The van der Waals surface area contributed by atoms with Crippen molar-refractivity contribution in [2.75, 3.05) is 0 Å². The van der Waals surface area contributed by atoms with Gasteiger partial charge < -0.3 is 9.15 Å². The van der Waals surface area contributed by atoms with Gasteiger partial charge in [0.2, 0.25) is 0 Å². The zero-order valence-electron chi connectivity index (χ0n) is 7.04. The van der Waals surface area contributed by atoms with Crippen LogP contribution >= 0.6 is 23.2 Å². The normalized spacial score (nSPS) is 10.1. The summed E-state index contributed by atoms with van der Waals surface area (Å²) in [5, 5.41) is 1.08. The van der Waals surface area contributed by atoms with Crippen molar-refractivity contribution in [1.82, 2.24) is 0 Å². The molecule has 72 valence electrons. The molecule has 2 nitrogen and oxygen atoms in total. The van der Waals surface area contributed by atoms with Crippen LogP contribution in [0, 0.1) is 0 Å². The molecule has 1 heterocycles. The summed E-state index contributed by atoms with van der Waals surface area (Å²) in [6, 6.07) is 6.71. The highest BCUT2D eigenvalue weighted by Gasteiger charge is 2.01. The van der Waals surface area contributed by atoms with Gasteiger partial charge in [0.1, 0.15) is 12.0 Å². The van der Waals surface area contributed by atoms with Crippen molar-refractivity contribution < 1.29 is 9.15 Å². The smallest absolute Gasteiger partial charge is 0.165 e. The number of benzene rings is 1. The van der Waals surface area contributed by atoms with E-state index >= 15 is 0 Å². The highest BCUT2D eigenvalue weighted by atomic mass is 35.5. The van der Waals surface area contributed by atoms with E-state index in [0.717, 1.165) is 0 Å². The number of ether oxygens (including phenoxy) is 1. The van der Waals surface area contributed by atoms with E-state index in [2.05, 4.69) is 0 Å². The summed E-state index contributed by atoms with van der Waals surface area (Å²) in [7, 11) is 0. The molecule has 0 saturated heterocycles. The van der Waals surface area contributed by atoms with Gasteiger partial charge in [-0.15, -0.1) is 0 Å². The maximum absolute atomic E-state index is 5.80. The molecule has 0 unspecified atom stereocenters. The van der Waals surface area contributed by atoms with Crippen LogP contribution in [0.15, 0.2) is 41.2 Å². The molecule has 0 spiro atoms. The number of furan rings is 1. The Bertz CT molecular complexity index is 403. The standard InChI is InChI=1S/C10H6Cl2O2/c11-7-3-8(12)5-10(4-7)14-9-1-2-13-6-9/h1-6H. The molecule has 1 aromatic carbocycles. The molecule has 14 heavy (non-hydrogen) atoms. The van der Waals surface area contributed by atoms with Crippen molar-refractivity contribution in [2.24, 2.45) is 0 Å². The lowest BCUT2D eigenvalue weighted by atomic mass is 10.3. The third-order valence-corrected chi connectivity index (χ3v) is 2.00. The first kappa shape index (κ1) is 9.44. The van der Waals surface area contributed by atoms with E-state index in [-0.39, 0.29) is 0 Å². The molecule has 0 aliphatic carbocycles. The van der Waals surface area contributed by atoms with Crippen molar-refractivity contribution in [3.05, 3.63) is 46.8 Å². The SMILES string of the molecule is Clc1cc(Cl)cc(Oc2ccoc2)c1. The average Bonchev–Trinajstić information content (AvgIpc) is 2.54. The Morgan fingerprint density at radius 2 is 1.71 bits per heavy atom. The Morgan fingerprint density at radius 1 is 1.00 bits per heavy atom. The van der Waals surface area contributed by atoms with E-state index in [9.17, 15) is 0 Å². The zero-order valence-corrected chi connectivity index (χ0v) is 8.55. The first-order chi connectivity index (χ1) is 6.74. The molecule has 0 radical (unpaired) electrons. The van der Waals surface area contributed by atoms with Crippen LogP contribution in [0.1, 0.15) is 0 Å². The minimum atomic E-state index is 0.538. The fourth-order valence-electron chi connectivity index (χ4n) is 1.03. The number of halogens is 2. The Morgan fingerprint density at radius 3 is 2.29 bits per heavy atom. The summed E-state index contributed by atoms with van der Waals surface area (Å²) in [6.07, 6.45) is 3.02. The highest BCUT2D eigenvalue weighted by molar-refractivity contribution is 6.34. The van der Waals surface area contributed by atoms with Gasteiger partial charge in [0.15, 0.2) is 5.75 Å². The van der Waals surface area contributed by atoms with E-state index in [1.165, 1.54) is 12.5 Å².